The van der Waals surface area contributed by atoms with Crippen LogP contribution >= 0.6 is 11.3 Å². The van der Waals surface area contributed by atoms with Gasteiger partial charge in [-0.15, -0.1) is 0 Å². The van der Waals surface area contributed by atoms with Crippen LogP contribution in [0.5, 0.6) is 11.1 Å². The molecule has 1 N–H and O–H groups in total. The number of thiazole rings is 1. The van der Waals surface area contributed by atoms with Crippen LogP contribution in [-0.2, 0) is 9.53 Å². The molecule has 2 aliphatic carbocycles. The quantitative estimate of drug-likeness (QED) is 0.645. The van der Waals surface area contributed by atoms with Gasteiger partial charge >= 0.3 is 0 Å². The Morgan fingerprint density at radius 3 is 2.61 bits per heavy atom. The molecule has 0 bridgehead atoms. The maximum Gasteiger partial charge on any atom is 0.274 e. The standard InChI is InChI=1S/C21H27F2N3O4S/c1-12(25-13(2)27)11-28-14-3-5-15(6-4-14)29-19-7-18-17(10-24-19)26-20(31-18)30-16-8-21(22,23)9-16/h7,10,12,14-16H,3-6,8-9,11H2,1-2H3,(H,25,27)/t12-,14-,15-/m0/s1. The molecule has 2 saturated carbocycles. The third-order valence-electron chi connectivity index (χ3n) is 5.49. The zero-order valence-electron chi connectivity index (χ0n) is 17.6. The lowest BCUT2D eigenvalue weighted by atomic mass is 9.91. The molecule has 170 valence electrons. The second-order valence-corrected chi connectivity index (χ2v) is 9.42. The fourth-order valence-electron chi connectivity index (χ4n) is 3.90. The van der Waals surface area contributed by atoms with E-state index in [0.29, 0.717) is 23.2 Å². The summed E-state index contributed by atoms with van der Waals surface area (Å²) in [6, 6.07) is 1.82. The van der Waals surface area contributed by atoms with Crippen molar-refractivity contribution in [2.24, 2.45) is 0 Å². The lowest BCUT2D eigenvalue weighted by molar-refractivity contribution is -0.134. The number of ether oxygens (including phenoxy) is 3. The number of carbonyl (C=O) groups is 1. The van der Waals surface area contributed by atoms with Gasteiger partial charge < -0.3 is 19.5 Å². The van der Waals surface area contributed by atoms with Gasteiger partial charge in [-0.3, -0.25) is 4.79 Å². The average Bonchev–Trinajstić information content (AvgIpc) is 3.07. The normalized spacial score (nSPS) is 24.4. The van der Waals surface area contributed by atoms with E-state index >= 15 is 0 Å². The van der Waals surface area contributed by atoms with Crippen molar-refractivity contribution >= 4 is 27.5 Å². The molecule has 0 aliphatic heterocycles. The molecule has 10 heteroatoms. The van der Waals surface area contributed by atoms with Crippen molar-refractivity contribution in [1.29, 1.82) is 0 Å². The largest absolute Gasteiger partial charge is 0.474 e. The summed E-state index contributed by atoms with van der Waals surface area (Å²) in [4.78, 5) is 19.7. The predicted molar refractivity (Wildman–Crippen MR) is 112 cm³/mol. The summed E-state index contributed by atoms with van der Waals surface area (Å²) in [6.07, 6.45) is 4.40. The zero-order chi connectivity index (χ0) is 22.0. The van der Waals surface area contributed by atoms with Crippen LogP contribution < -0.4 is 14.8 Å². The van der Waals surface area contributed by atoms with Gasteiger partial charge in [0, 0.05) is 31.9 Å². The second-order valence-electron chi connectivity index (χ2n) is 8.43. The van der Waals surface area contributed by atoms with Gasteiger partial charge in [0.1, 0.15) is 17.7 Å². The fourth-order valence-corrected chi connectivity index (χ4v) is 4.78. The lowest BCUT2D eigenvalue weighted by Gasteiger charge is -2.33. The summed E-state index contributed by atoms with van der Waals surface area (Å²) in [5.74, 6) is -2.14. The monoisotopic (exact) mass is 455 g/mol. The average molecular weight is 456 g/mol. The topological polar surface area (TPSA) is 82.6 Å². The molecule has 31 heavy (non-hydrogen) atoms. The number of amides is 1. The second kappa shape index (κ2) is 9.20. The maximum atomic E-state index is 13.0. The highest BCUT2D eigenvalue weighted by molar-refractivity contribution is 7.20. The molecule has 2 heterocycles. The molecule has 7 nitrogen and oxygen atoms in total. The molecule has 1 atom stereocenters. The van der Waals surface area contributed by atoms with E-state index in [9.17, 15) is 13.6 Å². The van der Waals surface area contributed by atoms with Crippen LogP contribution in [0.15, 0.2) is 12.3 Å². The van der Waals surface area contributed by atoms with E-state index in [-0.39, 0.29) is 37.0 Å². The highest BCUT2D eigenvalue weighted by Crippen LogP contribution is 2.41. The molecule has 2 aromatic rings. The van der Waals surface area contributed by atoms with Crippen molar-refractivity contribution in [2.75, 3.05) is 6.61 Å². The van der Waals surface area contributed by atoms with Crippen LogP contribution in [0.25, 0.3) is 10.2 Å². The van der Waals surface area contributed by atoms with E-state index in [0.717, 1.165) is 30.4 Å². The zero-order valence-corrected chi connectivity index (χ0v) is 18.4. The first-order valence-electron chi connectivity index (χ1n) is 10.6. The first kappa shape index (κ1) is 22.1. The Labute approximate surface area is 183 Å². The van der Waals surface area contributed by atoms with Crippen LogP contribution in [0.2, 0.25) is 0 Å². The van der Waals surface area contributed by atoms with Gasteiger partial charge in [0.15, 0.2) is 0 Å². The highest BCUT2D eigenvalue weighted by Gasteiger charge is 2.47. The van der Waals surface area contributed by atoms with E-state index in [1.807, 2.05) is 13.0 Å². The van der Waals surface area contributed by atoms with Crippen LogP contribution in [-0.4, -0.2) is 52.8 Å². The molecular formula is C21H27F2N3O4S. The van der Waals surface area contributed by atoms with Gasteiger partial charge in [0.05, 0.1) is 23.6 Å². The molecular weight excluding hydrogens is 428 g/mol. The van der Waals surface area contributed by atoms with Gasteiger partial charge in [0.25, 0.3) is 11.1 Å². The van der Waals surface area contributed by atoms with Gasteiger partial charge in [-0.05, 0) is 32.6 Å². The summed E-state index contributed by atoms with van der Waals surface area (Å²) in [5.41, 5.74) is 0.670. The minimum Gasteiger partial charge on any atom is -0.474 e. The first-order valence-corrected chi connectivity index (χ1v) is 11.4. The predicted octanol–water partition coefficient (Wildman–Crippen LogP) is 4.10. The number of carbonyl (C=O) groups excluding carboxylic acids is 1. The van der Waals surface area contributed by atoms with E-state index < -0.39 is 12.0 Å². The molecule has 2 aliphatic rings. The smallest absolute Gasteiger partial charge is 0.274 e. The van der Waals surface area contributed by atoms with Crippen molar-refractivity contribution in [3.05, 3.63) is 12.3 Å². The van der Waals surface area contributed by atoms with E-state index in [1.54, 1.807) is 6.20 Å². The Morgan fingerprint density at radius 2 is 1.94 bits per heavy atom. The molecule has 2 fully saturated rings. The number of aromatic nitrogens is 2. The number of alkyl halides is 2. The molecule has 0 spiro atoms. The number of hydrogen-bond donors (Lipinski definition) is 1. The molecule has 1 amide bonds. The minimum absolute atomic E-state index is 0.00328. The van der Waals surface area contributed by atoms with Crippen molar-refractivity contribution in [2.45, 2.75) is 82.6 Å². The molecule has 2 aromatic heterocycles. The SMILES string of the molecule is CC(=O)N[C@@H](C)CO[C@H]1CC[C@H](Oc2cc3sc(OC4CC(F)(F)C4)nc3cn2)CC1. The summed E-state index contributed by atoms with van der Waals surface area (Å²) in [5, 5.41) is 3.21. The summed E-state index contributed by atoms with van der Waals surface area (Å²) in [6.45, 7) is 3.93. The van der Waals surface area contributed by atoms with Crippen LogP contribution in [0, 0.1) is 0 Å². The lowest BCUT2D eigenvalue weighted by Crippen LogP contribution is -2.43. The first-order chi connectivity index (χ1) is 14.8. The Morgan fingerprint density at radius 1 is 1.23 bits per heavy atom. The number of halogens is 2. The Bertz CT molecular complexity index is 909. The molecule has 0 unspecified atom stereocenters. The third kappa shape index (κ3) is 6.00. The number of nitrogens with zero attached hydrogens (tertiary/aromatic N) is 2. The minimum atomic E-state index is -2.61. The molecule has 4 rings (SSSR count). The Hall–Kier alpha value is -2.07. The molecule has 0 aromatic carbocycles. The van der Waals surface area contributed by atoms with E-state index in [2.05, 4.69) is 15.3 Å². The van der Waals surface area contributed by atoms with Crippen molar-refractivity contribution in [3.8, 4) is 11.1 Å². The number of rotatable bonds is 8. The van der Waals surface area contributed by atoms with E-state index in [4.69, 9.17) is 14.2 Å². The molecule has 0 saturated heterocycles. The summed E-state index contributed by atoms with van der Waals surface area (Å²) in [7, 11) is 0. The number of hydrogen-bond acceptors (Lipinski definition) is 7. The van der Waals surface area contributed by atoms with Crippen molar-refractivity contribution < 1.29 is 27.8 Å². The Balaban J connectivity index is 1.24. The summed E-state index contributed by atoms with van der Waals surface area (Å²) >= 11 is 1.32. The number of pyridine rings is 1. The molecule has 0 radical (unpaired) electrons. The van der Waals surface area contributed by atoms with Gasteiger partial charge in [-0.25, -0.2) is 18.7 Å². The summed E-state index contributed by atoms with van der Waals surface area (Å²) < 4.78 is 44.3. The van der Waals surface area contributed by atoms with Crippen LogP contribution in [0.1, 0.15) is 52.4 Å². The van der Waals surface area contributed by atoms with Crippen LogP contribution in [0.4, 0.5) is 8.78 Å². The van der Waals surface area contributed by atoms with Crippen molar-refractivity contribution in [3.63, 3.8) is 0 Å². The number of fused-ring (bicyclic) bond motifs is 1. The highest BCUT2D eigenvalue weighted by atomic mass is 32.1. The van der Waals surface area contributed by atoms with E-state index in [1.165, 1.54) is 18.3 Å². The third-order valence-corrected chi connectivity index (χ3v) is 6.40. The maximum absolute atomic E-state index is 13.0. The van der Waals surface area contributed by atoms with Crippen LogP contribution in [0.3, 0.4) is 0 Å². The van der Waals surface area contributed by atoms with Gasteiger partial charge in [0.2, 0.25) is 11.8 Å². The van der Waals surface area contributed by atoms with Gasteiger partial charge in [-0.2, -0.15) is 0 Å². The number of nitrogens with one attached hydrogen (secondary N) is 1. The fraction of sp³-hybridized carbons (Fsp3) is 0.667. The Kier molecular flexibility index (Phi) is 6.57. The van der Waals surface area contributed by atoms with Crippen molar-refractivity contribution in [1.82, 2.24) is 15.3 Å². The van der Waals surface area contributed by atoms with Gasteiger partial charge in [-0.1, -0.05) is 11.3 Å².